The van der Waals surface area contributed by atoms with Crippen LogP contribution in [-0.2, 0) is 22.7 Å². The van der Waals surface area contributed by atoms with Gasteiger partial charge >= 0.3 is 12.0 Å². The van der Waals surface area contributed by atoms with Crippen molar-refractivity contribution in [2.45, 2.75) is 13.2 Å². The molecule has 2 aromatic carbocycles. The predicted octanol–water partition coefficient (Wildman–Crippen LogP) is 5.05. The highest BCUT2D eigenvalue weighted by molar-refractivity contribution is 6.42. The largest absolute Gasteiger partial charge is 0.493 e. The number of rotatable bonds is 8. The Morgan fingerprint density at radius 1 is 1.03 bits per heavy atom. The van der Waals surface area contributed by atoms with Gasteiger partial charge in [0.1, 0.15) is 18.1 Å². The maximum absolute atomic E-state index is 12.8. The second-order valence-electron chi connectivity index (χ2n) is 7.58. The van der Waals surface area contributed by atoms with E-state index in [0.29, 0.717) is 27.1 Å². The van der Waals surface area contributed by atoms with Gasteiger partial charge in [0.2, 0.25) is 5.76 Å². The van der Waals surface area contributed by atoms with Crippen molar-refractivity contribution >= 4 is 47.2 Å². The first-order chi connectivity index (χ1) is 17.3. The van der Waals surface area contributed by atoms with E-state index in [1.807, 2.05) is 0 Å². The number of furan rings is 1. The summed E-state index contributed by atoms with van der Waals surface area (Å²) in [5, 5.41) is 3.43. The summed E-state index contributed by atoms with van der Waals surface area (Å²) in [6.45, 7) is 0.0888. The number of benzene rings is 2. The lowest BCUT2D eigenvalue weighted by atomic mass is 10.1. The van der Waals surface area contributed by atoms with Crippen LogP contribution in [0.2, 0.25) is 10.0 Å². The SMILES string of the molecule is COC(=O)c1ccc(CN2C(=O)N/C(=C\c3ccc(OCc4ccc(Cl)c(Cl)c4)c(OC)c3)C2=O)o1. The van der Waals surface area contributed by atoms with Crippen LogP contribution >= 0.6 is 23.2 Å². The molecule has 36 heavy (non-hydrogen) atoms. The Labute approximate surface area is 216 Å². The van der Waals surface area contributed by atoms with Gasteiger partial charge in [-0.3, -0.25) is 9.69 Å². The fourth-order valence-electron chi connectivity index (χ4n) is 3.39. The highest BCUT2D eigenvalue weighted by atomic mass is 35.5. The van der Waals surface area contributed by atoms with E-state index in [1.165, 1.54) is 32.4 Å². The van der Waals surface area contributed by atoms with Crippen molar-refractivity contribution < 1.29 is 33.0 Å². The molecular formula is C25H20Cl2N2O7. The van der Waals surface area contributed by atoms with Gasteiger partial charge < -0.3 is 23.9 Å². The van der Waals surface area contributed by atoms with Crippen molar-refractivity contribution in [2.24, 2.45) is 0 Å². The molecular weight excluding hydrogens is 511 g/mol. The summed E-state index contributed by atoms with van der Waals surface area (Å²) >= 11 is 12.0. The minimum Gasteiger partial charge on any atom is -0.493 e. The fraction of sp³-hybridized carbons (Fsp3) is 0.160. The van der Waals surface area contributed by atoms with Gasteiger partial charge in [-0.15, -0.1) is 0 Å². The van der Waals surface area contributed by atoms with Gasteiger partial charge in [0.15, 0.2) is 11.5 Å². The standard InChI is InChI=1S/C25H20Cl2N2O7/c1-33-22-11-14(4-7-20(22)35-13-15-3-6-17(26)18(27)9-15)10-19-23(30)29(25(32)28-19)12-16-5-8-21(36-16)24(31)34-2/h3-11H,12-13H2,1-2H3,(H,28,32)/b19-10-. The number of amides is 3. The number of nitrogens with one attached hydrogen (secondary N) is 1. The molecule has 1 fully saturated rings. The third kappa shape index (κ3) is 5.48. The molecule has 9 nitrogen and oxygen atoms in total. The molecule has 0 saturated carbocycles. The second-order valence-corrected chi connectivity index (χ2v) is 8.40. The Bertz CT molecular complexity index is 1370. The Morgan fingerprint density at radius 2 is 1.83 bits per heavy atom. The Morgan fingerprint density at radius 3 is 2.56 bits per heavy atom. The average molecular weight is 531 g/mol. The predicted molar refractivity (Wildman–Crippen MR) is 131 cm³/mol. The number of esters is 1. The monoisotopic (exact) mass is 530 g/mol. The molecule has 1 saturated heterocycles. The van der Waals surface area contributed by atoms with Crippen molar-refractivity contribution in [1.29, 1.82) is 0 Å². The summed E-state index contributed by atoms with van der Waals surface area (Å²) < 4.78 is 21.2. The van der Waals surface area contributed by atoms with E-state index >= 15 is 0 Å². The first-order valence-corrected chi connectivity index (χ1v) is 11.3. The molecule has 11 heteroatoms. The number of urea groups is 1. The Kier molecular flexibility index (Phi) is 7.52. The van der Waals surface area contributed by atoms with Crippen molar-refractivity contribution in [3.05, 3.63) is 86.9 Å². The van der Waals surface area contributed by atoms with Crippen LogP contribution in [0.3, 0.4) is 0 Å². The quantitative estimate of drug-likeness (QED) is 0.246. The molecule has 1 N–H and O–H groups in total. The molecule has 0 unspecified atom stereocenters. The number of imide groups is 1. The summed E-state index contributed by atoms with van der Waals surface area (Å²) in [6, 6.07) is 12.6. The molecule has 3 aromatic rings. The molecule has 2 heterocycles. The minimum absolute atomic E-state index is 0.0242. The third-order valence-corrected chi connectivity index (χ3v) is 5.94. The van der Waals surface area contributed by atoms with Crippen LogP contribution in [0.1, 0.15) is 27.4 Å². The molecule has 1 aromatic heterocycles. The van der Waals surface area contributed by atoms with E-state index in [1.54, 1.807) is 36.4 Å². The lowest BCUT2D eigenvalue weighted by Gasteiger charge is -2.12. The summed E-state index contributed by atoms with van der Waals surface area (Å²) in [5.41, 5.74) is 1.50. The average Bonchev–Trinajstić information content (AvgIpc) is 3.45. The van der Waals surface area contributed by atoms with Gasteiger partial charge in [0.05, 0.1) is 30.8 Å². The van der Waals surface area contributed by atoms with Crippen molar-refractivity contribution in [3.8, 4) is 11.5 Å². The van der Waals surface area contributed by atoms with E-state index in [-0.39, 0.29) is 30.4 Å². The zero-order valence-electron chi connectivity index (χ0n) is 19.2. The molecule has 1 aliphatic rings. The maximum Gasteiger partial charge on any atom is 0.373 e. The number of ether oxygens (including phenoxy) is 3. The van der Waals surface area contributed by atoms with Crippen LogP contribution in [0.5, 0.6) is 11.5 Å². The zero-order valence-corrected chi connectivity index (χ0v) is 20.7. The number of hydrogen-bond acceptors (Lipinski definition) is 7. The molecule has 0 bridgehead atoms. The van der Waals surface area contributed by atoms with Crippen LogP contribution in [0.15, 0.2) is 58.6 Å². The van der Waals surface area contributed by atoms with Gasteiger partial charge in [0, 0.05) is 0 Å². The fourth-order valence-corrected chi connectivity index (χ4v) is 3.72. The van der Waals surface area contributed by atoms with Crippen molar-refractivity contribution in [2.75, 3.05) is 14.2 Å². The van der Waals surface area contributed by atoms with Gasteiger partial charge in [-0.2, -0.15) is 0 Å². The first-order valence-electron chi connectivity index (χ1n) is 10.6. The summed E-state index contributed by atoms with van der Waals surface area (Å²) in [7, 11) is 2.72. The number of nitrogens with zero attached hydrogens (tertiary/aromatic N) is 1. The second kappa shape index (κ2) is 10.8. The Hall–Kier alpha value is -3.95. The Balaban J connectivity index is 1.46. The summed E-state index contributed by atoms with van der Waals surface area (Å²) in [6.07, 6.45) is 1.52. The van der Waals surface area contributed by atoms with Gasteiger partial charge in [-0.25, -0.2) is 9.59 Å². The number of methoxy groups -OCH3 is 2. The topological polar surface area (TPSA) is 107 Å². The van der Waals surface area contributed by atoms with Crippen molar-refractivity contribution in [1.82, 2.24) is 10.2 Å². The minimum atomic E-state index is -0.655. The molecule has 0 aliphatic carbocycles. The molecule has 186 valence electrons. The maximum atomic E-state index is 12.8. The first kappa shape index (κ1) is 25.2. The van der Waals surface area contributed by atoms with Gasteiger partial charge in [0.25, 0.3) is 5.91 Å². The van der Waals surface area contributed by atoms with Gasteiger partial charge in [-0.05, 0) is 53.6 Å². The van der Waals surface area contributed by atoms with E-state index in [2.05, 4.69) is 10.1 Å². The highest BCUT2D eigenvalue weighted by Gasteiger charge is 2.34. The molecule has 4 rings (SSSR count). The lowest BCUT2D eigenvalue weighted by molar-refractivity contribution is -0.123. The number of carbonyl (C=O) groups is 3. The summed E-state index contributed by atoms with van der Waals surface area (Å²) in [5.74, 6) is -0.0567. The number of hydrogen-bond donors (Lipinski definition) is 1. The number of halogens is 2. The third-order valence-electron chi connectivity index (χ3n) is 5.20. The van der Waals surface area contributed by atoms with Crippen LogP contribution in [0, 0.1) is 0 Å². The van der Waals surface area contributed by atoms with Crippen LogP contribution < -0.4 is 14.8 Å². The van der Waals surface area contributed by atoms with E-state index < -0.39 is 17.9 Å². The zero-order chi connectivity index (χ0) is 25.8. The smallest absolute Gasteiger partial charge is 0.373 e. The van der Waals surface area contributed by atoms with Crippen molar-refractivity contribution in [3.63, 3.8) is 0 Å². The number of carbonyl (C=O) groups excluding carboxylic acids is 3. The van der Waals surface area contributed by atoms with E-state index in [4.69, 9.17) is 37.1 Å². The van der Waals surface area contributed by atoms with E-state index in [0.717, 1.165) is 10.5 Å². The van der Waals surface area contributed by atoms with Crippen LogP contribution in [-0.4, -0.2) is 37.0 Å². The van der Waals surface area contributed by atoms with Gasteiger partial charge in [-0.1, -0.05) is 35.3 Å². The summed E-state index contributed by atoms with van der Waals surface area (Å²) in [4.78, 5) is 37.7. The molecule has 3 amide bonds. The molecule has 0 spiro atoms. The lowest BCUT2D eigenvalue weighted by Crippen LogP contribution is -2.30. The molecule has 0 atom stereocenters. The molecule has 0 radical (unpaired) electrons. The van der Waals surface area contributed by atoms with Crippen LogP contribution in [0.25, 0.3) is 6.08 Å². The highest BCUT2D eigenvalue weighted by Crippen LogP contribution is 2.31. The molecule has 1 aliphatic heterocycles. The normalized spacial score (nSPS) is 14.2. The van der Waals surface area contributed by atoms with E-state index in [9.17, 15) is 14.4 Å². The van der Waals surface area contributed by atoms with Crippen LogP contribution in [0.4, 0.5) is 4.79 Å².